The van der Waals surface area contributed by atoms with E-state index in [4.69, 9.17) is 11.6 Å². The number of alkyl halides is 3. The van der Waals surface area contributed by atoms with Crippen LogP contribution >= 0.6 is 11.6 Å². The summed E-state index contributed by atoms with van der Waals surface area (Å²) in [6, 6.07) is 2.72. The molecule has 2 nitrogen and oxygen atoms in total. The lowest BCUT2D eigenvalue weighted by Crippen LogP contribution is -2.42. The topological polar surface area (TPSA) is 29.1 Å². The van der Waals surface area contributed by atoms with Crippen LogP contribution in [0.15, 0.2) is 18.2 Å². The quantitative estimate of drug-likeness (QED) is 0.825. The van der Waals surface area contributed by atoms with Crippen molar-refractivity contribution in [2.45, 2.75) is 32.5 Å². The normalized spacial score (nSPS) is 11.6. The average Bonchev–Trinajstić information content (AvgIpc) is 2.26. The predicted octanol–water partition coefficient (Wildman–Crippen LogP) is 3.89. The van der Waals surface area contributed by atoms with Gasteiger partial charge in [0, 0.05) is 10.6 Å². The van der Waals surface area contributed by atoms with Gasteiger partial charge in [-0.3, -0.25) is 4.79 Å². The fourth-order valence-electron chi connectivity index (χ4n) is 1.58. The van der Waals surface area contributed by atoms with Crippen LogP contribution in [-0.4, -0.2) is 11.4 Å². The van der Waals surface area contributed by atoms with Crippen LogP contribution in [0.5, 0.6) is 0 Å². The molecule has 0 fully saturated rings. The largest absolute Gasteiger partial charge is 0.416 e. The van der Waals surface area contributed by atoms with Crippen molar-refractivity contribution in [3.05, 3.63) is 34.3 Å². The third kappa shape index (κ3) is 4.46. The van der Waals surface area contributed by atoms with Crippen molar-refractivity contribution in [2.75, 3.05) is 0 Å². The molecule has 1 rings (SSSR count). The fourth-order valence-corrected chi connectivity index (χ4v) is 1.82. The van der Waals surface area contributed by atoms with E-state index < -0.39 is 23.2 Å². The minimum atomic E-state index is -4.56. The number of halogens is 4. The zero-order valence-corrected chi connectivity index (χ0v) is 11.9. The third-order valence-electron chi connectivity index (χ3n) is 2.35. The van der Waals surface area contributed by atoms with E-state index in [0.717, 1.165) is 12.1 Å². The second-order valence-electron chi connectivity index (χ2n) is 4.68. The van der Waals surface area contributed by atoms with Gasteiger partial charge in [0.05, 0.1) is 11.1 Å². The van der Waals surface area contributed by atoms with Crippen molar-refractivity contribution in [2.24, 2.45) is 0 Å². The second kappa shape index (κ2) is 5.76. The number of benzene rings is 1. The SMILES string of the molecule is CC#CC(C)(C)NC(=O)c1cc(Cl)cc(C(F)(F)F)c1. The van der Waals surface area contributed by atoms with Crippen molar-refractivity contribution in [1.82, 2.24) is 5.32 Å². The molecule has 20 heavy (non-hydrogen) atoms. The van der Waals surface area contributed by atoms with Gasteiger partial charge in [-0.2, -0.15) is 13.2 Å². The zero-order chi connectivity index (χ0) is 15.6. The van der Waals surface area contributed by atoms with Gasteiger partial charge in [-0.05, 0) is 39.0 Å². The van der Waals surface area contributed by atoms with Crippen LogP contribution in [0.25, 0.3) is 0 Å². The van der Waals surface area contributed by atoms with E-state index in [0.29, 0.717) is 0 Å². The monoisotopic (exact) mass is 303 g/mol. The number of hydrogen-bond donors (Lipinski definition) is 1. The summed E-state index contributed by atoms with van der Waals surface area (Å²) in [5.41, 5.74) is -1.96. The Hall–Kier alpha value is -1.67. The van der Waals surface area contributed by atoms with Gasteiger partial charge in [-0.15, -0.1) is 5.92 Å². The number of rotatable bonds is 2. The molecular formula is C14H13ClF3NO. The van der Waals surface area contributed by atoms with E-state index >= 15 is 0 Å². The van der Waals surface area contributed by atoms with Gasteiger partial charge in [0.1, 0.15) is 0 Å². The van der Waals surface area contributed by atoms with Crippen molar-refractivity contribution >= 4 is 17.5 Å². The average molecular weight is 304 g/mol. The highest BCUT2D eigenvalue weighted by atomic mass is 35.5. The number of hydrogen-bond acceptors (Lipinski definition) is 1. The van der Waals surface area contributed by atoms with E-state index in [1.807, 2.05) is 0 Å². The molecule has 1 aromatic rings. The van der Waals surface area contributed by atoms with Crippen molar-refractivity contribution in [3.8, 4) is 11.8 Å². The Balaban J connectivity index is 3.11. The molecule has 0 heterocycles. The maximum absolute atomic E-state index is 12.7. The number of carbonyl (C=O) groups is 1. The molecule has 0 bridgehead atoms. The van der Waals surface area contributed by atoms with Crippen LogP contribution in [0.1, 0.15) is 36.7 Å². The maximum atomic E-state index is 12.7. The molecule has 0 radical (unpaired) electrons. The van der Waals surface area contributed by atoms with E-state index in [-0.39, 0.29) is 10.6 Å². The molecule has 0 unspecified atom stereocenters. The van der Waals surface area contributed by atoms with Crippen LogP contribution in [0.2, 0.25) is 5.02 Å². The molecule has 0 saturated carbocycles. The van der Waals surface area contributed by atoms with Gasteiger partial charge in [0.25, 0.3) is 5.91 Å². The summed E-state index contributed by atoms with van der Waals surface area (Å²) in [6.45, 7) is 4.91. The van der Waals surface area contributed by atoms with Crippen LogP contribution in [0.3, 0.4) is 0 Å². The minimum Gasteiger partial charge on any atom is -0.336 e. The summed E-state index contributed by atoms with van der Waals surface area (Å²) in [5, 5.41) is 2.39. The molecule has 1 N–H and O–H groups in total. The Labute approximate surface area is 120 Å². The van der Waals surface area contributed by atoms with Crippen LogP contribution in [-0.2, 0) is 6.18 Å². The zero-order valence-electron chi connectivity index (χ0n) is 11.2. The van der Waals surface area contributed by atoms with Crippen LogP contribution in [0, 0.1) is 11.8 Å². The van der Waals surface area contributed by atoms with Crippen molar-refractivity contribution in [3.63, 3.8) is 0 Å². The lowest BCUT2D eigenvalue weighted by molar-refractivity contribution is -0.137. The van der Waals surface area contributed by atoms with Crippen molar-refractivity contribution < 1.29 is 18.0 Å². The Bertz CT molecular complexity index is 582. The van der Waals surface area contributed by atoms with Gasteiger partial charge < -0.3 is 5.32 Å². The van der Waals surface area contributed by atoms with Crippen LogP contribution < -0.4 is 5.32 Å². The highest BCUT2D eigenvalue weighted by Crippen LogP contribution is 2.31. The maximum Gasteiger partial charge on any atom is 0.416 e. The Kier molecular flexibility index (Phi) is 4.72. The Morgan fingerprint density at radius 2 is 1.85 bits per heavy atom. The first-order valence-corrected chi connectivity index (χ1v) is 6.07. The molecule has 0 aliphatic heterocycles. The molecule has 0 spiro atoms. The summed E-state index contributed by atoms with van der Waals surface area (Å²) >= 11 is 5.62. The highest BCUT2D eigenvalue weighted by molar-refractivity contribution is 6.31. The van der Waals surface area contributed by atoms with Gasteiger partial charge in [-0.1, -0.05) is 17.5 Å². The van der Waals surface area contributed by atoms with Crippen molar-refractivity contribution in [1.29, 1.82) is 0 Å². The molecule has 108 valence electrons. The van der Waals surface area contributed by atoms with E-state index in [9.17, 15) is 18.0 Å². The molecule has 0 aromatic heterocycles. The lowest BCUT2D eigenvalue weighted by atomic mass is 10.0. The van der Waals surface area contributed by atoms with Gasteiger partial charge in [-0.25, -0.2) is 0 Å². The molecule has 1 amide bonds. The molecule has 0 saturated heterocycles. The number of carbonyl (C=O) groups excluding carboxylic acids is 1. The summed E-state index contributed by atoms with van der Waals surface area (Å²) < 4.78 is 38.0. The van der Waals surface area contributed by atoms with Gasteiger partial charge in [0.2, 0.25) is 0 Å². The van der Waals surface area contributed by atoms with E-state index in [2.05, 4.69) is 17.2 Å². The molecule has 0 aliphatic carbocycles. The molecule has 6 heteroatoms. The van der Waals surface area contributed by atoms with Crippen LogP contribution in [0.4, 0.5) is 13.2 Å². The summed E-state index contributed by atoms with van der Waals surface area (Å²) in [6.07, 6.45) is -4.56. The Morgan fingerprint density at radius 3 is 2.35 bits per heavy atom. The molecule has 0 atom stereocenters. The standard InChI is InChI=1S/C14H13ClF3NO/c1-4-5-13(2,3)19-12(20)9-6-10(14(16,17)18)8-11(15)7-9/h6-8H,1-3H3,(H,19,20). The molecule has 1 aromatic carbocycles. The van der Waals surface area contributed by atoms with Gasteiger partial charge in [0.15, 0.2) is 0 Å². The molecular weight excluding hydrogens is 291 g/mol. The van der Waals surface area contributed by atoms with E-state index in [1.165, 1.54) is 6.07 Å². The second-order valence-corrected chi connectivity index (χ2v) is 5.12. The first-order valence-electron chi connectivity index (χ1n) is 5.69. The summed E-state index contributed by atoms with van der Waals surface area (Å²) in [5.74, 6) is 4.72. The number of amides is 1. The first kappa shape index (κ1) is 16.4. The summed E-state index contributed by atoms with van der Waals surface area (Å²) in [7, 11) is 0. The predicted molar refractivity (Wildman–Crippen MR) is 71.4 cm³/mol. The highest BCUT2D eigenvalue weighted by Gasteiger charge is 2.32. The number of nitrogens with one attached hydrogen (secondary N) is 1. The summed E-state index contributed by atoms with van der Waals surface area (Å²) in [4.78, 5) is 12.0. The first-order chi connectivity index (χ1) is 9.05. The lowest BCUT2D eigenvalue weighted by Gasteiger charge is -2.20. The van der Waals surface area contributed by atoms with Gasteiger partial charge >= 0.3 is 6.18 Å². The third-order valence-corrected chi connectivity index (χ3v) is 2.57. The fraction of sp³-hybridized carbons (Fsp3) is 0.357. The Morgan fingerprint density at radius 1 is 1.25 bits per heavy atom. The minimum absolute atomic E-state index is 0.149. The molecule has 0 aliphatic rings. The smallest absolute Gasteiger partial charge is 0.336 e. The van der Waals surface area contributed by atoms with E-state index in [1.54, 1.807) is 20.8 Å².